The lowest BCUT2D eigenvalue weighted by Gasteiger charge is -2.25. The van der Waals surface area contributed by atoms with Gasteiger partial charge in [0.05, 0.1) is 6.54 Å². The van der Waals surface area contributed by atoms with Gasteiger partial charge in [0.2, 0.25) is 12.7 Å². The van der Waals surface area contributed by atoms with Crippen molar-refractivity contribution in [1.82, 2.24) is 15.1 Å². The van der Waals surface area contributed by atoms with Gasteiger partial charge in [-0.1, -0.05) is 6.07 Å². The fraction of sp³-hybridized carbons (Fsp3) is 0.500. The van der Waals surface area contributed by atoms with E-state index in [1.807, 2.05) is 18.2 Å². The number of likely N-dealkylation sites (tertiary alicyclic amines) is 1. The molecule has 3 aliphatic rings. The van der Waals surface area contributed by atoms with Crippen molar-refractivity contribution in [1.29, 1.82) is 0 Å². The third-order valence-corrected chi connectivity index (χ3v) is 4.64. The van der Waals surface area contributed by atoms with Crippen LogP contribution in [0, 0.1) is 0 Å². The number of carbonyl (C=O) groups excluding carboxylic acids is 2. The zero-order valence-electron chi connectivity index (χ0n) is 12.8. The molecule has 2 saturated heterocycles. The van der Waals surface area contributed by atoms with Crippen molar-refractivity contribution in [2.45, 2.75) is 18.9 Å². The first-order valence-electron chi connectivity index (χ1n) is 7.94. The van der Waals surface area contributed by atoms with Crippen LogP contribution in [-0.4, -0.2) is 54.7 Å². The Bertz CT molecular complexity index is 648. The average molecular weight is 317 g/mol. The minimum atomic E-state index is -0.283. The van der Waals surface area contributed by atoms with Crippen LogP contribution in [0.15, 0.2) is 18.2 Å². The lowest BCUT2D eigenvalue weighted by molar-refractivity contribution is -0.129. The van der Waals surface area contributed by atoms with Crippen molar-refractivity contribution in [3.05, 3.63) is 23.8 Å². The predicted octanol–water partition coefficient (Wildman–Crippen LogP) is 1.10. The Kier molecular flexibility index (Phi) is 3.57. The van der Waals surface area contributed by atoms with Crippen molar-refractivity contribution in [3.63, 3.8) is 0 Å². The van der Waals surface area contributed by atoms with Gasteiger partial charge in [0, 0.05) is 19.1 Å². The van der Waals surface area contributed by atoms with Crippen LogP contribution < -0.4 is 14.8 Å². The maximum atomic E-state index is 12.4. The van der Waals surface area contributed by atoms with E-state index in [0.717, 1.165) is 36.4 Å². The fourth-order valence-corrected chi connectivity index (χ4v) is 3.48. The zero-order chi connectivity index (χ0) is 15.8. The van der Waals surface area contributed by atoms with Crippen molar-refractivity contribution in [3.8, 4) is 11.5 Å². The van der Waals surface area contributed by atoms with E-state index in [1.165, 1.54) is 4.90 Å². The Morgan fingerprint density at radius 3 is 2.96 bits per heavy atom. The number of hydrogen-bond acceptors (Lipinski definition) is 5. The predicted molar refractivity (Wildman–Crippen MR) is 81.2 cm³/mol. The number of imide groups is 1. The van der Waals surface area contributed by atoms with Gasteiger partial charge < -0.3 is 14.8 Å². The van der Waals surface area contributed by atoms with Crippen molar-refractivity contribution >= 4 is 11.9 Å². The van der Waals surface area contributed by atoms with Gasteiger partial charge in [-0.25, -0.2) is 4.79 Å². The second kappa shape index (κ2) is 5.73. The zero-order valence-corrected chi connectivity index (χ0v) is 12.8. The molecule has 122 valence electrons. The van der Waals surface area contributed by atoms with Crippen LogP contribution in [-0.2, 0) is 4.79 Å². The van der Waals surface area contributed by atoms with Gasteiger partial charge in [-0.15, -0.1) is 0 Å². The molecule has 1 aromatic carbocycles. The minimum absolute atomic E-state index is 0.132. The molecule has 0 radical (unpaired) electrons. The van der Waals surface area contributed by atoms with E-state index in [1.54, 1.807) is 0 Å². The summed E-state index contributed by atoms with van der Waals surface area (Å²) in [4.78, 5) is 27.4. The molecular weight excluding hydrogens is 298 g/mol. The smallest absolute Gasteiger partial charge is 0.324 e. The number of ether oxygens (including phenoxy) is 2. The molecule has 0 aromatic heterocycles. The maximum absolute atomic E-state index is 12.4. The fourth-order valence-electron chi connectivity index (χ4n) is 3.48. The highest BCUT2D eigenvalue weighted by Gasteiger charge is 2.33. The first-order valence-corrected chi connectivity index (χ1v) is 7.94. The van der Waals surface area contributed by atoms with Crippen LogP contribution in [0.5, 0.6) is 11.5 Å². The van der Waals surface area contributed by atoms with E-state index in [4.69, 9.17) is 9.47 Å². The highest BCUT2D eigenvalue weighted by Crippen LogP contribution is 2.38. The van der Waals surface area contributed by atoms with E-state index >= 15 is 0 Å². The number of nitrogens with one attached hydrogen (secondary N) is 1. The SMILES string of the molecule is O=C(CN1CCC[C@H]1c1ccc2c(c1)OCO2)N1CCNC1=O. The maximum Gasteiger partial charge on any atom is 0.324 e. The number of nitrogens with zero attached hydrogens (tertiary/aromatic N) is 2. The van der Waals surface area contributed by atoms with E-state index in [2.05, 4.69) is 10.2 Å². The molecule has 23 heavy (non-hydrogen) atoms. The van der Waals surface area contributed by atoms with Crippen molar-refractivity contribution < 1.29 is 19.1 Å². The third kappa shape index (κ3) is 2.61. The van der Waals surface area contributed by atoms with Crippen LogP contribution in [0.4, 0.5) is 4.79 Å². The summed E-state index contributed by atoms with van der Waals surface area (Å²) >= 11 is 0. The Balaban J connectivity index is 1.48. The molecule has 7 nitrogen and oxygen atoms in total. The summed E-state index contributed by atoms with van der Waals surface area (Å²) in [6.45, 7) is 2.39. The topological polar surface area (TPSA) is 71.1 Å². The molecule has 0 aliphatic carbocycles. The number of fused-ring (bicyclic) bond motifs is 1. The molecule has 0 saturated carbocycles. The Morgan fingerprint density at radius 1 is 1.26 bits per heavy atom. The summed E-state index contributed by atoms with van der Waals surface area (Å²) < 4.78 is 10.8. The number of rotatable bonds is 3. The summed E-state index contributed by atoms with van der Waals surface area (Å²) in [6, 6.07) is 5.85. The molecule has 3 heterocycles. The molecule has 7 heteroatoms. The molecule has 3 aliphatic heterocycles. The Labute approximate surface area is 134 Å². The molecule has 0 unspecified atom stereocenters. The van der Waals surface area contributed by atoms with Gasteiger partial charge in [0.15, 0.2) is 11.5 Å². The summed E-state index contributed by atoms with van der Waals surface area (Å²) in [5.41, 5.74) is 1.13. The molecule has 1 aromatic rings. The molecule has 3 amide bonds. The number of urea groups is 1. The van der Waals surface area contributed by atoms with Crippen molar-refractivity contribution in [2.24, 2.45) is 0 Å². The minimum Gasteiger partial charge on any atom is -0.454 e. The molecule has 0 spiro atoms. The van der Waals surface area contributed by atoms with Crippen LogP contribution >= 0.6 is 0 Å². The summed E-state index contributed by atoms with van der Waals surface area (Å²) in [6.07, 6.45) is 2.04. The molecular formula is C16H19N3O4. The number of carbonyl (C=O) groups is 2. The monoisotopic (exact) mass is 317 g/mol. The second-order valence-corrected chi connectivity index (χ2v) is 6.02. The highest BCUT2D eigenvalue weighted by atomic mass is 16.7. The average Bonchev–Trinajstić information content (AvgIpc) is 3.26. The largest absolute Gasteiger partial charge is 0.454 e. The number of hydrogen-bond donors (Lipinski definition) is 1. The van der Waals surface area contributed by atoms with Gasteiger partial charge in [0.1, 0.15) is 0 Å². The summed E-state index contributed by atoms with van der Waals surface area (Å²) in [5.74, 6) is 1.40. The van der Waals surface area contributed by atoms with Crippen LogP contribution in [0.1, 0.15) is 24.4 Å². The van der Waals surface area contributed by atoms with Gasteiger partial charge >= 0.3 is 6.03 Å². The Morgan fingerprint density at radius 2 is 2.13 bits per heavy atom. The van der Waals surface area contributed by atoms with E-state index in [9.17, 15) is 9.59 Å². The first kappa shape index (κ1) is 14.3. The van der Waals surface area contributed by atoms with Gasteiger partial charge in [0.25, 0.3) is 0 Å². The van der Waals surface area contributed by atoms with Gasteiger partial charge in [-0.2, -0.15) is 0 Å². The van der Waals surface area contributed by atoms with Crippen LogP contribution in [0.25, 0.3) is 0 Å². The molecule has 0 bridgehead atoms. The highest BCUT2D eigenvalue weighted by molar-refractivity contribution is 5.96. The van der Waals surface area contributed by atoms with Crippen molar-refractivity contribution in [2.75, 3.05) is 33.0 Å². The summed E-state index contributed by atoms with van der Waals surface area (Å²) in [7, 11) is 0. The van der Waals surface area contributed by atoms with E-state index < -0.39 is 0 Å². The van der Waals surface area contributed by atoms with Crippen LogP contribution in [0.3, 0.4) is 0 Å². The number of amides is 3. The molecule has 2 fully saturated rings. The Hall–Kier alpha value is -2.28. The van der Waals surface area contributed by atoms with Gasteiger partial charge in [-0.3, -0.25) is 14.6 Å². The van der Waals surface area contributed by atoms with Crippen LogP contribution in [0.2, 0.25) is 0 Å². The van der Waals surface area contributed by atoms with E-state index in [-0.39, 0.29) is 31.3 Å². The quantitative estimate of drug-likeness (QED) is 0.904. The van der Waals surface area contributed by atoms with Gasteiger partial charge in [-0.05, 0) is 37.1 Å². The lowest BCUT2D eigenvalue weighted by atomic mass is 10.0. The first-order chi connectivity index (χ1) is 11.2. The molecule has 1 atom stereocenters. The number of benzene rings is 1. The van der Waals surface area contributed by atoms with E-state index in [0.29, 0.717) is 13.1 Å². The standard InChI is InChI=1S/C16H19N3O4/c20-15(19-7-5-17-16(19)21)9-18-6-1-2-12(18)11-3-4-13-14(8-11)23-10-22-13/h3-4,8,12H,1-2,5-7,9-10H2,(H,17,21)/t12-/m0/s1. The lowest BCUT2D eigenvalue weighted by Crippen LogP contribution is -2.41. The third-order valence-electron chi connectivity index (χ3n) is 4.64. The molecule has 1 N–H and O–H groups in total. The normalized spacial score (nSPS) is 23.4. The molecule has 4 rings (SSSR count). The second-order valence-electron chi connectivity index (χ2n) is 6.02. The summed E-state index contributed by atoms with van der Waals surface area (Å²) in [5, 5.41) is 2.66.